The number of hydrogen-bond acceptors (Lipinski definition) is 3. The number of amides is 2. The summed E-state index contributed by atoms with van der Waals surface area (Å²) in [6, 6.07) is 2.77. The van der Waals surface area contributed by atoms with Crippen molar-refractivity contribution >= 4 is 12.0 Å². The average molecular weight is 282 g/mol. The minimum atomic E-state index is -1.03. The molecule has 2 amide bonds. The second-order valence-electron chi connectivity index (χ2n) is 4.90. The standard InChI is InChI=1S/C14H22N2O4/c1-5-9(2)16(8-13(17)18)14(19)15-11(4)12-7-6-10(3)20-12/h6-7,9,11H,5,8H2,1-4H3,(H,15,19)(H,17,18). The van der Waals surface area contributed by atoms with Gasteiger partial charge in [-0.05, 0) is 39.3 Å². The number of carboxylic acids is 1. The van der Waals surface area contributed by atoms with Gasteiger partial charge in [0.1, 0.15) is 18.1 Å². The number of carbonyl (C=O) groups excluding carboxylic acids is 1. The van der Waals surface area contributed by atoms with Crippen LogP contribution in [0.15, 0.2) is 16.5 Å². The lowest BCUT2D eigenvalue weighted by molar-refractivity contribution is -0.138. The summed E-state index contributed by atoms with van der Waals surface area (Å²) in [6.45, 7) is 7.04. The van der Waals surface area contributed by atoms with Crippen molar-refractivity contribution in [1.82, 2.24) is 10.2 Å². The fourth-order valence-electron chi connectivity index (χ4n) is 1.82. The van der Waals surface area contributed by atoms with Crippen molar-refractivity contribution in [3.8, 4) is 0 Å². The predicted octanol–water partition coefficient (Wildman–Crippen LogP) is 2.54. The van der Waals surface area contributed by atoms with Gasteiger partial charge in [0.15, 0.2) is 0 Å². The first kappa shape index (κ1) is 16.1. The van der Waals surface area contributed by atoms with E-state index in [1.165, 1.54) is 4.90 Å². The summed E-state index contributed by atoms with van der Waals surface area (Å²) in [6.07, 6.45) is 0.689. The topological polar surface area (TPSA) is 82.8 Å². The quantitative estimate of drug-likeness (QED) is 0.840. The number of nitrogens with zero attached hydrogens (tertiary/aromatic N) is 1. The number of carbonyl (C=O) groups is 2. The second-order valence-corrected chi connectivity index (χ2v) is 4.90. The molecule has 1 aromatic heterocycles. The summed E-state index contributed by atoms with van der Waals surface area (Å²) < 4.78 is 5.44. The highest BCUT2D eigenvalue weighted by molar-refractivity contribution is 5.80. The van der Waals surface area contributed by atoms with Gasteiger partial charge in [-0.2, -0.15) is 0 Å². The van der Waals surface area contributed by atoms with E-state index in [1.807, 2.05) is 26.8 Å². The molecule has 0 saturated heterocycles. The van der Waals surface area contributed by atoms with E-state index in [2.05, 4.69) is 5.32 Å². The molecule has 1 aromatic rings. The van der Waals surface area contributed by atoms with Crippen LogP contribution in [0, 0.1) is 6.92 Å². The van der Waals surface area contributed by atoms with Crippen LogP contribution in [-0.4, -0.2) is 34.6 Å². The Labute approximate surface area is 118 Å². The smallest absolute Gasteiger partial charge is 0.323 e. The fraction of sp³-hybridized carbons (Fsp3) is 0.571. The largest absolute Gasteiger partial charge is 0.480 e. The molecule has 1 rings (SSSR count). The van der Waals surface area contributed by atoms with Crippen LogP contribution in [0.2, 0.25) is 0 Å². The van der Waals surface area contributed by atoms with E-state index in [0.717, 1.165) is 5.76 Å². The van der Waals surface area contributed by atoms with E-state index in [4.69, 9.17) is 9.52 Å². The Bertz CT molecular complexity index is 469. The summed E-state index contributed by atoms with van der Waals surface area (Å²) in [5.74, 6) is 0.391. The first-order valence-electron chi connectivity index (χ1n) is 6.70. The maximum Gasteiger partial charge on any atom is 0.323 e. The number of urea groups is 1. The molecular formula is C14H22N2O4. The molecule has 0 aliphatic heterocycles. The minimum absolute atomic E-state index is 0.142. The Morgan fingerprint density at radius 2 is 2.05 bits per heavy atom. The Balaban J connectivity index is 2.72. The molecule has 1 heterocycles. The van der Waals surface area contributed by atoms with Gasteiger partial charge >= 0.3 is 12.0 Å². The van der Waals surface area contributed by atoms with Crippen molar-refractivity contribution in [2.24, 2.45) is 0 Å². The number of nitrogens with one attached hydrogen (secondary N) is 1. The molecule has 0 aliphatic rings. The Hall–Kier alpha value is -1.98. The highest BCUT2D eigenvalue weighted by Crippen LogP contribution is 2.16. The van der Waals surface area contributed by atoms with E-state index < -0.39 is 12.0 Å². The zero-order valence-electron chi connectivity index (χ0n) is 12.3. The van der Waals surface area contributed by atoms with E-state index in [9.17, 15) is 9.59 Å². The van der Waals surface area contributed by atoms with E-state index in [1.54, 1.807) is 13.0 Å². The van der Waals surface area contributed by atoms with E-state index >= 15 is 0 Å². The number of rotatable bonds is 6. The number of aryl methyl sites for hydroxylation is 1. The third kappa shape index (κ3) is 4.29. The van der Waals surface area contributed by atoms with Gasteiger partial charge in [0.05, 0.1) is 6.04 Å². The van der Waals surface area contributed by atoms with Gasteiger partial charge in [-0.3, -0.25) is 4.79 Å². The summed E-state index contributed by atoms with van der Waals surface area (Å²) in [5.41, 5.74) is 0. The Kier molecular flexibility index (Phi) is 5.61. The van der Waals surface area contributed by atoms with Crippen LogP contribution >= 0.6 is 0 Å². The molecule has 20 heavy (non-hydrogen) atoms. The molecule has 0 saturated carbocycles. The molecule has 2 N–H and O–H groups in total. The zero-order valence-corrected chi connectivity index (χ0v) is 12.3. The lowest BCUT2D eigenvalue weighted by Crippen LogP contribution is -2.47. The molecule has 0 aliphatic carbocycles. The Morgan fingerprint density at radius 3 is 2.50 bits per heavy atom. The molecule has 2 atom stereocenters. The minimum Gasteiger partial charge on any atom is -0.480 e. The highest BCUT2D eigenvalue weighted by Gasteiger charge is 2.23. The van der Waals surface area contributed by atoms with Crippen LogP contribution in [0.4, 0.5) is 4.79 Å². The summed E-state index contributed by atoms with van der Waals surface area (Å²) in [5, 5.41) is 11.7. The van der Waals surface area contributed by atoms with Gasteiger partial charge in [0.2, 0.25) is 0 Å². The van der Waals surface area contributed by atoms with Crippen molar-refractivity contribution in [3.05, 3.63) is 23.7 Å². The average Bonchev–Trinajstić information content (AvgIpc) is 2.81. The van der Waals surface area contributed by atoms with Gasteiger partial charge in [0.25, 0.3) is 0 Å². The molecule has 0 radical (unpaired) electrons. The lowest BCUT2D eigenvalue weighted by Gasteiger charge is -2.28. The van der Waals surface area contributed by atoms with E-state index in [0.29, 0.717) is 12.2 Å². The van der Waals surface area contributed by atoms with Gasteiger partial charge in [-0.1, -0.05) is 6.92 Å². The highest BCUT2D eigenvalue weighted by atomic mass is 16.4. The van der Waals surface area contributed by atoms with Crippen molar-refractivity contribution in [2.75, 3.05) is 6.54 Å². The van der Waals surface area contributed by atoms with Crippen LogP contribution in [0.3, 0.4) is 0 Å². The van der Waals surface area contributed by atoms with Gasteiger partial charge in [0, 0.05) is 6.04 Å². The van der Waals surface area contributed by atoms with Gasteiger partial charge < -0.3 is 19.7 Å². The number of carboxylic acid groups (broad SMARTS) is 1. The summed E-state index contributed by atoms with van der Waals surface area (Å²) >= 11 is 0. The first-order valence-corrected chi connectivity index (χ1v) is 6.70. The third-order valence-corrected chi connectivity index (χ3v) is 3.22. The molecule has 112 valence electrons. The third-order valence-electron chi connectivity index (χ3n) is 3.22. The molecule has 0 aromatic carbocycles. The summed E-state index contributed by atoms with van der Waals surface area (Å²) in [7, 11) is 0. The Morgan fingerprint density at radius 1 is 1.40 bits per heavy atom. The molecule has 6 nitrogen and oxygen atoms in total. The van der Waals surface area contributed by atoms with Gasteiger partial charge in [-0.25, -0.2) is 4.79 Å². The first-order chi connectivity index (χ1) is 9.35. The van der Waals surface area contributed by atoms with Crippen molar-refractivity contribution < 1.29 is 19.1 Å². The molecule has 6 heteroatoms. The summed E-state index contributed by atoms with van der Waals surface area (Å²) in [4.78, 5) is 24.3. The van der Waals surface area contributed by atoms with E-state index in [-0.39, 0.29) is 18.6 Å². The van der Waals surface area contributed by atoms with Crippen LogP contribution in [0.25, 0.3) is 0 Å². The van der Waals surface area contributed by atoms with Crippen LogP contribution in [0.1, 0.15) is 44.8 Å². The maximum atomic E-state index is 12.2. The van der Waals surface area contributed by atoms with Crippen molar-refractivity contribution in [1.29, 1.82) is 0 Å². The SMILES string of the molecule is CCC(C)N(CC(=O)O)C(=O)NC(C)c1ccc(C)o1. The van der Waals surface area contributed by atoms with Crippen LogP contribution < -0.4 is 5.32 Å². The number of hydrogen-bond donors (Lipinski definition) is 2. The van der Waals surface area contributed by atoms with Crippen LogP contribution in [0.5, 0.6) is 0 Å². The zero-order chi connectivity index (χ0) is 15.3. The molecule has 2 unspecified atom stereocenters. The molecular weight excluding hydrogens is 260 g/mol. The van der Waals surface area contributed by atoms with Crippen LogP contribution in [-0.2, 0) is 4.79 Å². The normalized spacial score (nSPS) is 13.6. The number of aliphatic carboxylic acids is 1. The predicted molar refractivity (Wildman–Crippen MR) is 74.5 cm³/mol. The molecule has 0 fully saturated rings. The van der Waals surface area contributed by atoms with Crippen molar-refractivity contribution in [3.63, 3.8) is 0 Å². The van der Waals surface area contributed by atoms with Crippen molar-refractivity contribution in [2.45, 2.75) is 46.2 Å². The second kappa shape index (κ2) is 6.98. The maximum absolute atomic E-state index is 12.2. The molecule has 0 bridgehead atoms. The monoisotopic (exact) mass is 282 g/mol. The van der Waals surface area contributed by atoms with Gasteiger partial charge in [-0.15, -0.1) is 0 Å². The number of furan rings is 1. The fourth-order valence-corrected chi connectivity index (χ4v) is 1.82. The lowest BCUT2D eigenvalue weighted by atomic mass is 10.2. The molecule has 0 spiro atoms.